The molecule has 0 saturated heterocycles. The molecule has 0 saturated carbocycles. The Kier molecular flexibility index (Phi) is 7.30. The Morgan fingerprint density at radius 1 is 1.10 bits per heavy atom. The smallest absolute Gasteiger partial charge is 0.360 e. The number of carbonyl (C=O) groups is 2. The minimum absolute atomic E-state index is 0.107. The molecule has 3 rings (SSSR count). The van der Waals surface area contributed by atoms with Gasteiger partial charge in [0, 0.05) is 17.6 Å². The van der Waals surface area contributed by atoms with Gasteiger partial charge in [-0.25, -0.2) is 4.79 Å². The van der Waals surface area contributed by atoms with E-state index in [1.54, 1.807) is 10.9 Å². The number of benzene rings is 2. The van der Waals surface area contributed by atoms with Gasteiger partial charge in [0.15, 0.2) is 5.69 Å². The van der Waals surface area contributed by atoms with E-state index in [1.165, 1.54) is 35.6 Å². The van der Waals surface area contributed by atoms with Crippen LogP contribution in [0.1, 0.15) is 27.2 Å². The van der Waals surface area contributed by atoms with Crippen LogP contribution in [0.15, 0.2) is 59.6 Å². The van der Waals surface area contributed by atoms with Crippen molar-refractivity contribution in [3.8, 4) is 0 Å². The second kappa shape index (κ2) is 10.1. The molecule has 30 heavy (non-hydrogen) atoms. The Morgan fingerprint density at radius 3 is 2.57 bits per heavy atom. The molecular weight excluding hydrogens is 398 g/mol. The van der Waals surface area contributed by atoms with Crippen molar-refractivity contribution in [2.45, 2.75) is 31.7 Å². The molecule has 2 aromatic carbocycles. The molecule has 0 atom stereocenters. The van der Waals surface area contributed by atoms with Crippen molar-refractivity contribution >= 4 is 29.3 Å². The minimum atomic E-state index is -0.578. The maximum absolute atomic E-state index is 12.5. The number of carbonyl (C=O) groups excluding carboxylic acids is 2. The molecule has 0 fully saturated rings. The maximum atomic E-state index is 12.5. The summed E-state index contributed by atoms with van der Waals surface area (Å²) < 4.78 is 6.48. The number of aromatic nitrogens is 2. The molecule has 6 nitrogen and oxygen atoms in total. The van der Waals surface area contributed by atoms with Crippen LogP contribution >= 0.6 is 11.8 Å². The number of ether oxygens (including phenoxy) is 1. The third kappa shape index (κ3) is 5.73. The van der Waals surface area contributed by atoms with E-state index in [2.05, 4.69) is 23.4 Å². The summed E-state index contributed by atoms with van der Waals surface area (Å²) in [6.45, 7) is 4.69. The average Bonchev–Trinajstić information content (AvgIpc) is 3.16. The molecule has 0 aliphatic carbocycles. The van der Waals surface area contributed by atoms with Crippen LogP contribution in [0.3, 0.4) is 0 Å². The minimum Gasteiger partial charge on any atom is -0.464 e. The molecule has 1 N–H and O–H groups in total. The zero-order valence-electron chi connectivity index (χ0n) is 17.3. The normalized spacial score (nSPS) is 10.6. The van der Waals surface area contributed by atoms with Crippen LogP contribution in [0.4, 0.5) is 5.69 Å². The van der Waals surface area contributed by atoms with Crippen LogP contribution in [0.5, 0.6) is 0 Å². The largest absolute Gasteiger partial charge is 0.464 e. The van der Waals surface area contributed by atoms with E-state index in [9.17, 15) is 9.59 Å². The standard InChI is InChI=1S/C23H25N3O3S/c1-16-9-10-19(13-17(16)2)30-15-21(27)24-20-14-26(25-22(20)23(28)29-3)12-11-18-7-5-4-6-8-18/h4-10,13-14H,11-12,15H2,1-3H3,(H,24,27). The number of nitrogens with one attached hydrogen (secondary N) is 1. The van der Waals surface area contributed by atoms with Crippen LogP contribution in [-0.2, 0) is 22.5 Å². The van der Waals surface area contributed by atoms with Crippen molar-refractivity contribution in [1.82, 2.24) is 9.78 Å². The highest BCUT2D eigenvalue weighted by molar-refractivity contribution is 8.00. The molecule has 0 aliphatic rings. The van der Waals surface area contributed by atoms with E-state index in [1.807, 2.05) is 49.4 Å². The summed E-state index contributed by atoms with van der Waals surface area (Å²) in [5.41, 5.74) is 4.04. The van der Waals surface area contributed by atoms with E-state index in [0.717, 1.165) is 11.3 Å². The van der Waals surface area contributed by atoms with Gasteiger partial charge in [-0.2, -0.15) is 5.10 Å². The van der Waals surface area contributed by atoms with Gasteiger partial charge in [-0.15, -0.1) is 11.8 Å². The van der Waals surface area contributed by atoms with E-state index in [4.69, 9.17) is 4.74 Å². The number of hydrogen-bond donors (Lipinski definition) is 1. The highest BCUT2D eigenvalue weighted by atomic mass is 32.2. The summed E-state index contributed by atoms with van der Waals surface area (Å²) in [6.07, 6.45) is 2.44. The fourth-order valence-corrected chi connectivity index (χ4v) is 3.70. The van der Waals surface area contributed by atoms with Gasteiger partial charge >= 0.3 is 5.97 Å². The second-order valence-electron chi connectivity index (χ2n) is 6.96. The molecule has 0 spiro atoms. The molecule has 0 radical (unpaired) electrons. The molecule has 0 bridgehead atoms. The van der Waals surface area contributed by atoms with Gasteiger partial charge in [0.2, 0.25) is 5.91 Å². The number of anilines is 1. The van der Waals surface area contributed by atoms with Crippen molar-refractivity contribution in [1.29, 1.82) is 0 Å². The summed E-state index contributed by atoms with van der Waals surface area (Å²) in [5.74, 6) is -0.547. The van der Waals surface area contributed by atoms with Crippen LogP contribution in [-0.4, -0.2) is 34.5 Å². The van der Waals surface area contributed by atoms with E-state index in [0.29, 0.717) is 12.2 Å². The van der Waals surface area contributed by atoms with Gasteiger partial charge in [0.1, 0.15) is 0 Å². The highest BCUT2D eigenvalue weighted by Crippen LogP contribution is 2.22. The Labute approximate surface area is 180 Å². The summed E-state index contributed by atoms with van der Waals surface area (Å²) in [7, 11) is 1.30. The van der Waals surface area contributed by atoms with E-state index in [-0.39, 0.29) is 17.4 Å². The zero-order chi connectivity index (χ0) is 21.5. The van der Waals surface area contributed by atoms with Gasteiger partial charge in [-0.05, 0) is 49.1 Å². The van der Waals surface area contributed by atoms with Gasteiger partial charge in [-0.1, -0.05) is 36.4 Å². The first-order valence-electron chi connectivity index (χ1n) is 9.66. The number of hydrogen-bond acceptors (Lipinski definition) is 5. The number of nitrogens with zero attached hydrogens (tertiary/aromatic N) is 2. The van der Waals surface area contributed by atoms with Gasteiger partial charge < -0.3 is 10.1 Å². The maximum Gasteiger partial charge on any atom is 0.360 e. The first-order valence-corrected chi connectivity index (χ1v) is 10.6. The van der Waals surface area contributed by atoms with Crippen molar-refractivity contribution in [3.63, 3.8) is 0 Å². The van der Waals surface area contributed by atoms with Crippen molar-refractivity contribution < 1.29 is 14.3 Å². The fourth-order valence-electron chi connectivity index (χ4n) is 2.90. The predicted molar refractivity (Wildman–Crippen MR) is 119 cm³/mol. The number of esters is 1. The monoisotopic (exact) mass is 423 g/mol. The fraction of sp³-hybridized carbons (Fsp3) is 0.261. The lowest BCUT2D eigenvalue weighted by Gasteiger charge is -2.06. The van der Waals surface area contributed by atoms with Crippen LogP contribution < -0.4 is 5.32 Å². The van der Waals surface area contributed by atoms with Crippen molar-refractivity contribution in [2.75, 3.05) is 18.2 Å². The number of amides is 1. The lowest BCUT2D eigenvalue weighted by Crippen LogP contribution is -2.16. The molecule has 3 aromatic rings. The lowest BCUT2D eigenvalue weighted by molar-refractivity contribution is -0.113. The Bertz CT molecular complexity index is 1030. The first-order chi connectivity index (χ1) is 14.5. The van der Waals surface area contributed by atoms with Crippen LogP contribution in [0.25, 0.3) is 0 Å². The number of rotatable bonds is 8. The topological polar surface area (TPSA) is 73.2 Å². The third-order valence-electron chi connectivity index (χ3n) is 4.74. The van der Waals surface area contributed by atoms with Gasteiger partial charge in [-0.3, -0.25) is 9.48 Å². The van der Waals surface area contributed by atoms with Gasteiger partial charge in [0.25, 0.3) is 0 Å². The first kappa shape index (κ1) is 21.6. The predicted octanol–water partition coefficient (Wildman–Crippen LogP) is 4.26. The summed E-state index contributed by atoms with van der Waals surface area (Å²) in [4.78, 5) is 25.6. The highest BCUT2D eigenvalue weighted by Gasteiger charge is 2.19. The van der Waals surface area contributed by atoms with Crippen molar-refractivity contribution in [3.05, 3.63) is 77.1 Å². The van der Waals surface area contributed by atoms with Crippen LogP contribution in [0.2, 0.25) is 0 Å². The third-order valence-corrected chi connectivity index (χ3v) is 5.73. The average molecular weight is 424 g/mol. The Morgan fingerprint density at radius 2 is 1.87 bits per heavy atom. The number of methoxy groups -OCH3 is 1. The van der Waals surface area contributed by atoms with Crippen molar-refractivity contribution in [2.24, 2.45) is 0 Å². The summed E-state index contributed by atoms with van der Waals surface area (Å²) >= 11 is 1.45. The van der Waals surface area contributed by atoms with E-state index >= 15 is 0 Å². The molecule has 1 heterocycles. The number of thioether (sulfide) groups is 1. The SMILES string of the molecule is COC(=O)c1nn(CCc2ccccc2)cc1NC(=O)CSc1ccc(C)c(C)c1. The van der Waals surface area contributed by atoms with Crippen LogP contribution in [0, 0.1) is 13.8 Å². The molecular formula is C23H25N3O3S. The zero-order valence-corrected chi connectivity index (χ0v) is 18.2. The molecule has 1 aromatic heterocycles. The van der Waals surface area contributed by atoms with Gasteiger partial charge in [0.05, 0.1) is 18.6 Å². The second-order valence-corrected chi connectivity index (χ2v) is 8.01. The Balaban J connectivity index is 1.65. The molecule has 0 unspecified atom stereocenters. The molecule has 156 valence electrons. The lowest BCUT2D eigenvalue weighted by atomic mass is 10.1. The summed E-state index contributed by atoms with van der Waals surface area (Å²) in [5, 5.41) is 7.11. The quantitative estimate of drug-likeness (QED) is 0.433. The van der Waals surface area contributed by atoms with E-state index < -0.39 is 5.97 Å². The number of aryl methyl sites for hydroxylation is 4. The molecule has 1 amide bonds. The Hall–Kier alpha value is -3.06. The molecule has 7 heteroatoms. The summed E-state index contributed by atoms with van der Waals surface area (Å²) in [6, 6.07) is 16.1. The molecule has 0 aliphatic heterocycles.